The molecule has 2 aliphatic rings. The van der Waals surface area contributed by atoms with Gasteiger partial charge in [-0.3, -0.25) is 9.59 Å². The molecular weight excluding hydrogens is 292 g/mol. The molecule has 2 heterocycles. The van der Waals surface area contributed by atoms with Gasteiger partial charge in [0.25, 0.3) is 0 Å². The molecule has 2 fully saturated rings. The maximum Gasteiger partial charge on any atom is 0.308 e. The third kappa shape index (κ3) is 3.04. The number of hydrogen-bond donors (Lipinski definition) is 1. The highest BCUT2D eigenvalue weighted by atomic mass is 32.2. The van der Waals surface area contributed by atoms with Gasteiger partial charge in [0.2, 0.25) is 5.91 Å². The molecule has 3 rings (SSSR count). The molecule has 0 bridgehead atoms. The van der Waals surface area contributed by atoms with Crippen LogP contribution < -0.4 is 0 Å². The molecule has 2 atom stereocenters. The number of thioether (sulfide) groups is 1. The van der Waals surface area contributed by atoms with E-state index in [-0.39, 0.29) is 17.6 Å². The van der Waals surface area contributed by atoms with E-state index >= 15 is 0 Å². The monoisotopic (exact) mass is 310 g/mol. The van der Waals surface area contributed by atoms with Crippen LogP contribution in [0.1, 0.15) is 25.8 Å². The zero-order chi connectivity index (χ0) is 15.0. The molecule has 8 heteroatoms. The lowest BCUT2D eigenvalue weighted by molar-refractivity contribution is -0.142. The first-order valence-corrected chi connectivity index (χ1v) is 8.07. The van der Waals surface area contributed by atoms with Crippen molar-refractivity contribution in [3.8, 4) is 0 Å². The quantitative estimate of drug-likeness (QED) is 0.812. The number of likely N-dealkylation sites (tertiary alicyclic amines) is 1. The van der Waals surface area contributed by atoms with Crippen molar-refractivity contribution in [1.29, 1.82) is 0 Å². The Bertz CT molecular complexity index is 557. The zero-order valence-corrected chi connectivity index (χ0v) is 12.6. The minimum atomic E-state index is -0.820. The summed E-state index contributed by atoms with van der Waals surface area (Å²) in [6.07, 6.45) is 4.00. The van der Waals surface area contributed by atoms with Crippen molar-refractivity contribution in [3.63, 3.8) is 0 Å². The summed E-state index contributed by atoms with van der Waals surface area (Å²) in [4.78, 5) is 24.9. The fourth-order valence-electron chi connectivity index (χ4n) is 2.65. The van der Waals surface area contributed by atoms with Crippen molar-refractivity contribution in [2.75, 3.05) is 18.8 Å². The highest BCUT2D eigenvalue weighted by molar-refractivity contribution is 7.99. The van der Waals surface area contributed by atoms with Crippen LogP contribution in [-0.2, 0) is 9.59 Å². The van der Waals surface area contributed by atoms with Gasteiger partial charge in [-0.15, -0.1) is 10.2 Å². The van der Waals surface area contributed by atoms with Crippen molar-refractivity contribution in [3.05, 3.63) is 6.33 Å². The fraction of sp³-hybridized carbons (Fsp3) is 0.692. The highest BCUT2D eigenvalue weighted by Crippen LogP contribution is 2.37. The number of hydrogen-bond acceptors (Lipinski definition) is 5. The lowest BCUT2D eigenvalue weighted by Gasteiger charge is -2.15. The van der Waals surface area contributed by atoms with E-state index in [0.717, 1.165) is 18.0 Å². The van der Waals surface area contributed by atoms with Crippen molar-refractivity contribution >= 4 is 23.6 Å². The number of nitrogens with zero attached hydrogens (tertiary/aromatic N) is 4. The Labute approximate surface area is 126 Å². The molecule has 1 aliphatic carbocycles. The van der Waals surface area contributed by atoms with Gasteiger partial charge in [0.1, 0.15) is 6.33 Å². The summed E-state index contributed by atoms with van der Waals surface area (Å²) in [5.41, 5.74) is 0. The second-order valence-electron chi connectivity index (χ2n) is 5.76. The molecule has 0 radical (unpaired) electrons. The number of rotatable bonds is 5. The number of carboxylic acid groups (broad SMARTS) is 1. The summed E-state index contributed by atoms with van der Waals surface area (Å²) >= 11 is 1.38. The normalized spacial score (nSPS) is 25.3. The van der Waals surface area contributed by atoms with Crippen LogP contribution in [-0.4, -0.2) is 55.5 Å². The molecule has 0 spiro atoms. The lowest BCUT2D eigenvalue weighted by Crippen LogP contribution is -2.31. The van der Waals surface area contributed by atoms with Crippen LogP contribution in [0.5, 0.6) is 0 Å². The topological polar surface area (TPSA) is 88.3 Å². The van der Waals surface area contributed by atoms with E-state index in [1.165, 1.54) is 11.8 Å². The van der Waals surface area contributed by atoms with Crippen molar-refractivity contribution in [2.24, 2.45) is 11.8 Å². The Hall–Kier alpha value is -1.57. The second kappa shape index (κ2) is 5.67. The van der Waals surface area contributed by atoms with Crippen molar-refractivity contribution < 1.29 is 14.7 Å². The van der Waals surface area contributed by atoms with E-state index in [9.17, 15) is 9.59 Å². The van der Waals surface area contributed by atoms with Gasteiger partial charge in [0.15, 0.2) is 5.16 Å². The van der Waals surface area contributed by atoms with Gasteiger partial charge >= 0.3 is 5.97 Å². The van der Waals surface area contributed by atoms with Gasteiger partial charge in [-0.25, -0.2) is 0 Å². The summed E-state index contributed by atoms with van der Waals surface area (Å²) in [7, 11) is 0. The number of carboxylic acids is 1. The summed E-state index contributed by atoms with van der Waals surface area (Å²) in [6, 6.07) is 0.487. The Morgan fingerprint density at radius 3 is 2.81 bits per heavy atom. The maximum atomic E-state index is 12.2. The van der Waals surface area contributed by atoms with Crippen LogP contribution in [0.3, 0.4) is 0 Å². The highest BCUT2D eigenvalue weighted by Gasteiger charge is 2.37. The third-order valence-electron chi connectivity index (χ3n) is 4.09. The van der Waals surface area contributed by atoms with Crippen molar-refractivity contribution in [1.82, 2.24) is 19.7 Å². The third-order valence-corrected chi connectivity index (χ3v) is 5.03. The number of carbonyl (C=O) groups excluding carboxylic acids is 1. The Kier molecular flexibility index (Phi) is 3.88. The minimum Gasteiger partial charge on any atom is -0.481 e. The molecule has 1 amide bonds. The zero-order valence-electron chi connectivity index (χ0n) is 11.8. The van der Waals surface area contributed by atoms with Crippen LogP contribution >= 0.6 is 11.8 Å². The van der Waals surface area contributed by atoms with Gasteiger partial charge in [0.05, 0.1) is 11.7 Å². The second-order valence-corrected chi connectivity index (χ2v) is 6.70. The molecule has 1 N–H and O–H groups in total. The molecule has 1 saturated carbocycles. The van der Waals surface area contributed by atoms with Gasteiger partial charge in [-0.2, -0.15) is 0 Å². The van der Waals surface area contributed by atoms with E-state index in [0.29, 0.717) is 19.1 Å². The lowest BCUT2D eigenvalue weighted by atomic mass is 9.99. The smallest absolute Gasteiger partial charge is 0.308 e. The summed E-state index contributed by atoms with van der Waals surface area (Å²) in [5, 5.41) is 17.8. The van der Waals surface area contributed by atoms with Crippen LogP contribution in [0.4, 0.5) is 0 Å². The van der Waals surface area contributed by atoms with E-state index in [2.05, 4.69) is 10.2 Å². The van der Waals surface area contributed by atoms with Gasteiger partial charge in [0, 0.05) is 19.1 Å². The molecule has 1 saturated heterocycles. The summed E-state index contributed by atoms with van der Waals surface area (Å²) in [5.74, 6) is -1.01. The Morgan fingerprint density at radius 1 is 1.43 bits per heavy atom. The Morgan fingerprint density at radius 2 is 2.19 bits per heavy atom. The predicted molar refractivity (Wildman–Crippen MR) is 75.9 cm³/mol. The number of amides is 1. The van der Waals surface area contributed by atoms with Crippen molar-refractivity contribution in [2.45, 2.75) is 31.0 Å². The number of aliphatic carboxylic acids is 1. The first-order valence-electron chi connectivity index (χ1n) is 7.09. The average molecular weight is 310 g/mol. The molecule has 0 aromatic carbocycles. The van der Waals surface area contributed by atoms with Gasteiger partial charge in [-0.05, 0) is 18.8 Å². The minimum absolute atomic E-state index is 0.00608. The number of aromatic nitrogens is 3. The average Bonchev–Trinajstić information content (AvgIpc) is 3.04. The Balaban J connectivity index is 1.55. The molecule has 114 valence electrons. The van der Waals surface area contributed by atoms with Crippen LogP contribution in [0.2, 0.25) is 0 Å². The molecule has 1 aromatic heterocycles. The van der Waals surface area contributed by atoms with Gasteiger partial charge < -0.3 is 14.6 Å². The van der Waals surface area contributed by atoms with E-state index in [4.69, 9.17) is 5.11 Å². The largest absolute Gasteiger partial charge is 0.481 e. The molecule has 1 aliphatic heterocycles. The van der Waals surface area contributed by atoms with E-state index in [1.54, 1.807) is 11.2 Å². The number of carbonyl (C=O) groups is 2. The SMILES string of the molecule is CC1CN(C(=O)CSc2nncn2C2CC2)CC1C(=O)O. The van der Waals surface area contributed by atoms with Crippen LogP contribution in [0, 0.1) is 11.8 Å². The molecule has 21 heavy (non-hydrogen) atoms. The first-order chi connectivity index (χ1) is 10.1. The van der Waals surface area contributed by atoms with E-state index in [1.807, 2.05) is 11.5 Å². The summed E-state index contributed by atoms with van der Waals surface area (Å²) < 4.78 is 2.02. The van der Waals surface area contributed by atoms with Crippen LogP contribution in [0.25, 0.3) is 0 Å². The maximum absolute atomic E-state index is 12.2. The first kappa shape index (κ1) is 14.4. The standard InChI is InChI=1S/C13H18N4O3S/c1-8-4-16(5-10(8)12(19)20)11(18)6-21-13-15-14-7-17(13)9-2-3-9/h7-10H,2-6H2,1H3,(H,19,20). The van der Waals surface area contributed by atoms with Crippen LogP contribution in [0.15, 0.2) is 11.5 Å². The molecule has 7 nitrogen and oxygen atoms in total. The fourth-order valence-corrected chi connectivity index (χ4v) is 3.53. The molecular formula is C13H18N4O3S. The van der Waals surface area contributed by atoms with E-state index < -0.39 is 11.9 Å². The molecule has 2 unspecified atom stereocenters. The molecule has 1 aromatic rings. The summed E-state index contributed by atoms with van der Waals surface area (Å²) in [6.45, 7) is 2.71. The van der Waals surface area contributed by atoms with Gasteiger partial charge in [-0.1, -0.05) is 18.7 Å². The predicted octanol–water partition coefficient (Wildman–Crippen LogP) is 0.884.